The average molecular weight is 330 g/mol. The van der Waals surface area contributed by atoms with Gasteiger partial charge in [0.1, 0.15) is 16.7 Å². The maximum Gasteiger partial charge on any atom is 0.295 e. The summed E-state index contributed by atoms with van der Waals surface area (Å²) in [5.41, 5.74) is -0.642. The number of aromatic nitrogens is 1. The van der Waals surface area contributed by atoms with Gasteiger partial charge in [0.15, 0.2) is 0 Å². The maximum absolute atomic E-state index is 13.0. The Balaban J connectivity index is 2.31. The lowest BCUT2D eigenvalue weighted by Crippen LogP contribution is -2.13. The fourth-order valence-corrected chi connectivity index (χ4v) is 1.77. The van der Waals surface area contributed by atoms with Crippen molar-refractivity contribution in [1.82, 2.24) is 4.98 Å². The molecule has 0 radical (unpaired) electrons. The van der Waals surface area contributed by atoms with Crippen LogP contribution in [-0.4, -0.2) is 15.8 Å². The maximum atomic E-state index is 13.0. The standard InChI is InChI=1S/C12H6Cl2FN3O3/c13-8-3-6(5-16-11(8)14)12(19)17-9-2-1-7(15)4-10(9)18(20)21/h1-5H,(H,17,19). The molecule has 2 rings (SSSR count). The Hall–Kier alpha value is -2.25. The Labute approximate surface area is 127 Å². The van der Waals surface area contributed by atoms with Crippen LogP contribution in [0, 0.1) is 15.9 Å². The van der Waals surface area contributed by atoms with Gasteiger partial charge in [-0.2, -0.15) is 0 Å². The van der Waals surface area contributed by atoms with Crippen LogP contribution in [0.25, 0.3) is 0 Å². The normalized spacial score (nSPS) is 10.2. The fourth-order valence-electron chi connectivity index (χ4n) is 1.50. The molecule has 1 aromatic carbocycles. The van der Waals surface area contributed by atoms with Gasteiger partial charge < -0.3 is 5.32 Å². The number of hydrogen-bond donors (Lipinski definition) is 1. The quantitative estimate of drug-likeness (QED) is 0.528. The van der Waals surface area contributed by atoms with Gasteiger partial charge in [0.05, 0.1) is 21.6 Å². The van der Waals surface area contributed by atoms with E-state index in [1.165, 1.54) is 12.3 Å². The van der Waals surface area contributed by atoms with Crippen LogP contribution in [0.4, 0.5) is 15.8 Å². The van der Waals surface area contributed by atoms with Crippen LogP contribution in [0.2, 0.25) is 10.2 Å². The van der Waals surface area contributed by atoms with Crippen molar-refractivity contribution in [3.05, 3.63) is 62.1 Å². The third-order valence-electron chi connectivity index (χ3n) is 2.46. The lowest BCUT2D eigenvalue weighted by atomic mass is 10.2. The van der Waals surface area contributed by atoms with Crippen LogP contribution in [-0.2, 0) is 0 Å². The second-order valence-corrected chi connectivity index (χ2v) is 4.63. The zero-order valence-corrected chi connectivity index (χ0v) is 11.7. The lowest BCUT2D eigenvalue weighted by Gasteiger charge is -2.06. The Morgan fingerprint density at radius 2 is 2.05 bits per heavy atom. The van der Waals surface area contributed by atoms with Crippen molar-refractivity contribution in [3.63, 3.8) is 0 Å². The highest BCUT2D eigenvalue weighted by atomic mass is 35.5. The summed E-state index contributed by atoms with van der Waals surface area (Å²) in [6, 6.07) is 4.07. The number of pyridine rings is 1. The first-order valence-electron chi connectivity index (χ1n) is 5.45. The first kappa shape index (κ1) is 15.1. The number of amides is 1. The molecule has 0 saturated heterocycles. The Morgan fingerprint density at radius 3 is 2.67 bits per heavy atom. The van der Waals surface area contributed by atoms with Crippen LogP contribution in [0.15, 0.2) is 30.5 Å². The van der Waals surface area contributed by atoms with Gasteiger partial charge in [-0.25, -0.2) is 9.37 Å². The van der Waals surface area contributed by atoms with Crippen LogP contribution in [0.5, 0.6) is 0 Å². The molecular formula is C12H6Cl2FN3O3. The lowest BCUT2D eigenvalue weighted by molar-refractivity contribution is -0.384. The molecule has 0 unspecified atom stereocenters. The molecule has 0 atom stereocenters. The predicted molar refractivity (Wildman–Crippen MR) is 75.3 cm³/mol. The van der Waals surface area contributed by atoms with Crippen molar-refractivity contribution in [3.8, 4) is 0 Å². The number of halogens is 3. The van der Waals surface area contributed by atoms with Crippen molar-refractivity contribution in [1.29, 1.82) is 0 Å². The molecule has 0 bridgehead atoms. The summed E-state index contributed by atoms with van der Waals surface area (Å²) in [6.45, 7) is 0. The monoisotopic (exact) mass is 329 g/mol. The number of nitro benzene ring substituents is 1. The molecule has 6 nitrogen and oxygen atoms in total. The van der Waals surface area contributed by atoms with Gasteiger partial charge in [-0.15, -0.1) is 0 Å². The molecule has 2 aromatic rings. The van der Waals surface area contributed by atoms with Crippen LogP contribution in [0.1, 0.15) is 10.4 Å². The van der Waals surface area contributed by atoms with Gasteiger partial charge in [0, 0.05) is 6.20 Å². The third-order valence-corrected chi connectivity index (χ3v) is 3.15. The summed E-state index contributed by atoms with van der Waals surface area (Å²) in [4.78, 5) is 25.7. The fraction of sp³-hybridized carbons (Fsp3) is 0. The molecule has 1 amide bonds. The van der Waals surface area contributed by atoms with Crippen LogP contribution < -0.4 is 5.32 Å². The first-order valence-corrected chi connectivity index (χ1v) is 6.20. The molecule has 1 aromatic heterocycles. The molecule has 108 valence electrons. The zero-order valence-electron chi connectivity index (χ0n) is 10.1. The number of anilines is 1. The summed E-state index contributed by atoms with van der Waals surface area (Å²) >= 11 is 11.4. The molecule has 0 aliphatic carbocycles. The number of carbonyl (C=O) groups is 1. The van der Waals surface area contributed by atoms with E-state index in [0.29, 0.717) is 6.07 Å². The number of carbonyl (C=O) groups excluding carboxylic acids is 1. The van der Waals surface area contributed by atoms with E-state index >= 15 is 0 Å². The van der Waals surface area contributed by atoms with Gasteiger partial charge >= 0.3 is 0 Å². The number of nitro groups is 1. The first-order chi connectivity index (χ1) is 9.88. The molecule has 1 heterocycles. The van der Waals surface area contributed by atoms with Crippen molar-refractivity contribution in [2.24, 2.45) is 0 Å². The van der Waals surface area contributed by atoms with Gasteiger partial charge in [0.25, 0.3) is 11.6 Å². The second-order valence-electron chi connectivity index (χ2n) is 3.87. The Kier molecular flexibility index (Phi) is 4.35. The van der Waals surface area contributed by atoms with E-state index < -0.39 is 22.3 Å². The van der Waals surface area contributed by atoms with Crippen LogP contribution >= 0.6 is 23.2 Å². The number of nitrogens with zero attached hydrogens (tertiary/aromatic N) is 2. The summed E-state index contributed by atoms with van der Waals surface area (Å²) in [6.07, 6.45) is 1.17. The third kappa shape index (κ3) is 3.45. The van der Waals surface area contributed by atoms with Gasteiger partial charge in [-0.05, 0) is 18.2 Å². The molecule has 0 fully saturated rings. The number of nitrogens with one attached hydrogen (secondary N) is 1. The number of hydrogen-bond acceptors (Lipinski definition) is 4. The molecule has 21 heavy (non-hydrogen) atoms. The molecule has 0 aliphatic heterocycles. The number of benzene rings is 1. The van der Waals surface area contributed by atoms with E-state index in [0.717, 1.165) is 12.1 Å². The highest BCUT2D eigenvalue weighted by Gasteiger charge is 2.18. The van der Waals surface area contributed by atoms with E-state index in [1.54, 1.807) is 0 Å². The molecular weight excluding hydrogens is 324 g/mol. The highest BCUT2D eigenvalue weighted by Crippen LogP contribution is 2.26. The van der Waals surface area contributed by atoms with Gasteiger partial charge in [-0.3, -0.25) is 14.9 Å². The smallest absolute Gasteiger partial charge is 0.295 e. The summed E-state index contributed by atoms with van der Waals surface area (Å²) in [7, 11) is 0. The van der Waals surface area contributed by atoms with E-state index in [9.17, 15) is 19.3 Å². The van der Waals surface area contributed by atoms with Crippen molar-refractivity contribution >= 4 is 40.5 Å². The molecule has 0 saturated carbocycles. The van der Waals surface area contributed by atoms with Crippen molar-refractivity contribution in [2.45, 2.75) is 0 Å². The molecule has 9 heteroatoms. The SMILES string of the molecule is O=C(Nc1ccc(F)cc1[N+](=O)[O-])c1cnc(Cl)c(Cl)c1. The molecule has 1 N–H and O–H groups in total. The minimum absolute atomic E-state index is 0.0287. The topological polar surface area (TPSA) is 85.1 Å². The minimum atomic E-state index is -0.800. The Bertz CT molecular complexity index is 740. The van der Waals surface area contributed by atoms with Crippen molar-refractivity contribution in [2.75, 3.05) is 5.32 Å². The largest absolute Gasteiger partial charge is 0.316 e. The average Bonchev–Trinajstić information content (AvgIpc) is 2.43. The van der Waals surface area contributed by atoms with E-state index in [1.807, 2.05) is 0 Å². The second kappa shape index (κ2) is 6.02. The summed E-state index contributed by atoms with van der Waals surface area (Å²) in [5, 5.41) is 13.2. The predicted octanol–water partition coefficient (Wildman–Crippen LogP) is 3.69. The highest BCUT2D eigenvalue weighted by molar-refractivity contribution is 6.41. The van der Waals surface area contributed by atoms with Gasteiger partial charge in [0.2, 0.25) is 0 Å². The summed E-state index contributed by atoms with van der Waals surface area (Å²) < 4.78 is 13.0. The summed E-state index contributed by atoms with van der Waals surface area (Å²) in [5.74, 6) is -1.47. The molecule has 0 spiro atoms. The van der Waals surface area contributed by atoms with E-state index in [-0.39, 0.29) is 21.4 Å². The van der Waals surface area contributed by atoms with Gasteiger partial charge in [-0.1, -0.05) is 23.2 Å². The van der Waals surface area contributed by atoms with Crippen LogP contribution in [0.3, 0.4) is 0 Å². The zero-order chi connectivity index (χ0) is 15.6. The van der Waals surface area contributed by atoms with E-state index in [4.69, 9.17) is 23.2 Å². The molecule has 0 aliphatic rings. The van der Waals surface area contributed by atoms with E-state index in [2.05, 4.69) is 10.3 Å². The minimum Gasteiger partial charge on any atom is -0.316 e. The number of rotatable bonds is 3. The van der Waals surface area contributed by atoms with Crippen molar-refractivity contribution < 1.29 is 14.1 Å². The Morgan fingerprint density at radius 1 is 1.33 bits per heavy atom.